The smallest absolute Gasteiger partial charge is 0.308 e. The molecule has 19 heteroatoms. The van der Waals surface area contributed by atoms with Gasteiger partial charge in [-0.05, 0) is 103 Å². The summed E-state index contributed by atoms with van der Waals surface area (Å²) in [6, 6.07) is 32.2. The molecule has 0 fully saturated rings. The second-order valence-corrected chi connectivity index (χ2v) is 18.9. The Hall–Kier alpha value is -10.3. The van der Waals surface area contributed by atoms with E-state index in [0.717, 1.165) is 27.6 Å². The molecule has 6 aromatic heterocycles. The summed E-state index contributed by atoms with van der Waals surface area (Å²) in [4.78, 5) is 58.8. The van der Waals surface area contributed by atoms with Crippen LogP contribution in [0.1, 0.15) is 57.7 Å². The van der Waals surface area contributed by atoms with Crippen LogP contribution >= 0.6 is 0 Å². The van der Waals surface area contributed by atoms with Crippen LogP contribution in [0.4, 0.5) is 18.9 Å². The predicted octanol–water partition coefficient (Wildman–Crippen LogP) is 12.9. The highest BCUT2D eigenvalue weighted by Gasteiger charge is 2.36. The second kappa shape index (κ2) is 18.2. The molecule has 6 aromatic carbocycles. The van der Waals surface area contributed by atoms with Crippen molar-refractivity contribution in [3.63, 3.8) is 0 Å². The van der Waals surface area contributed by atoms with Crippen LogP contribution in [0.2, 0.25) is 0 Å². The van der Waals surface area contributed by atoms with Gasteiger partial charge >= 0.3 is 6.18 Å². The average molecular weight is 1030 g/mol. The highest BCUT2D eigenvalue weighted by Crippen LogP contribution is 2.47. The van der Waals surface area contributed by atoms with E-state index in [2.05, 4.69) is 30.9 Å². The zero-order valence-corrected chi connectivity index (χ0v) is 43.1. The van der Waals surface area contributed by atoms with Crippen LogP contribution in [0.25, 0.3) is 117 Å². The van der Waals surface area contributed by atoms with Gasteiger partial charge in [-0.1, -0.05) is 66.7 Å². The third-order valence-electron chi connectivity index (χ3n) is 13.5. The lowest BCUT2D eigenvalue weighted by Crippen LogP contribution is -2.09. The summed E-state index contributed by atoms with van der Waals surface area (Å²) in [5.41, 5.74) is 3.61. The van der Waals surface area contributed by atoms with E-state index >= 15 is 13.2 Å². The first-order valence-corrected chi connectivity index (χ1v) is 24.5. The molecule has 0 saturated carbocycles. The van der Waals surface area contributed by atoms with Crippen LogP contribution in [0, 0.1) is 73.3 Å². The minimum atomic E-state index is -4.90. The molecule has 12 rings (SSSR count). The molecule has 378 valence electrons. The highest BCUT2D eigenvalue weighted by atomic mass is 19.4. The van der Waals surface area contributed by atoms with Crippen molar-refractivity contribution in [2.24, 2.45) is 0 Å². The van der Waals surface area contributed by atoms with Crippen LogP contribution in [-0.2, 0) is 6.18 Å². The van der Waals surface area contributed by atoms with E-state index in [0.29, 0.717) is 114 Å². The normalized spacial score (nSPS) is 11.8. The van der Waals surface area contributed by atoms with Gasteiger partial charge in [-0.25, -0.2) is 64.7 Å². The van der Waals surface area contributed by atoms with E-state index in [-0.39, 0.29) is 33.8 Å². The standard InChI is InChI=1S/C59H41F3N16/c1-28-65-29(2)70-55(69-28)36-13-17-41-42-18-14-37(56-71-30(3)66-31(4)72-56)22-49(42)77(48(41)21-36)52-25-40(54-46(59(60,61)62)11-10-12-47(54)64-9)26-53(45(52)27-63)78-50-23-38(57-73-32(5)67-33(6)74-57)15-19-43(50)44-20-16-39(24-51(44)78)58-75-34(7)68-35(8)76-58/h10-26H,1-8H3. The van der Waals surface area contributed by atoms with Crippen molar-refractivity contribution in [2.75, 3.05) is 0 Å². The lowest BCUT2D eigenvalue weighted by atomic mass is 9.94. The van der Waals surface area contributed by atoms with Gasteiger partial charge in [0.15, 0.2) is 29.0 Å². The van der Waals surface area contributed by atoms with Gasteiger partial charge in [-0.3, -0.25) is 0 Å². The molecule has 0 bridgehead atoms. The van der Waals surface area contributed by atoms with Crippen molar-refractivity contribution in [3.05, 3.63) is 172 Å². The summed E-state index contributed by atoms with van der Waals surface area (Å²) in [7, 11) is 0. The molecule has 12 aromatic rings. The summed E-state index contributed by atoms with van der Waals surface area (Å²) >= 11 is 0. The van der Waals surface area contributed by atoms with Crippen LogP contribution in [0.5, 0.6) is 0 Å². The zero-order chi connectivity index (χ0) is 54.5. The molecule has 0 aliphatic heterocycles. The lowest BCUT2D eigenvalue weighted by Gasteiger charge is -2.21. The number of hydrogen-bond acceptors (Lipinski definition) is 13. The first-order chi connectivity index (χ1) is 37.4. The van der Waals surface area contributed by atoms with E-state index in [1.807, 2.05) is 81.9 Å². The number of rotatable bonds is 7. The van der Waals surface area contributed by atoms with Gasteiger partial charge in [-0.2, -0.15) is 18.4 Å². The SMILES string of the molecule is [C-]#[N+]c1cccc(C(F)(F)F)c1-c1cc(-n2c3cc(-c4nc(C)nc(C)n4)ccc3c3ccc(-c4nc(C)nc(C)n4)cc32)c(C#N)c(-n2c3cc(-c4nc(C)nc(C)n4)ccc3c3ccc(-c4nc(C)nc(C)n4)cc32)c1. The van der Waals surface area contributed by atoms with Crippen molar-refractivity contribution >= 4 is 49.3 Å². The molecule has 0 atom stereocenters. The minimum absolute atomic E-state index is 0.0161. The topological polar surface area (TPSA) is 193 Å². The number of halogens is 3. The van der Waals surface area contributed by atoms with Crippen molar-refractivity contribution in [1.29, 1.82) is 5.26 Å². The molecule has 0 unspecified atom stereocenters. The van der Waals surface area contributed by atoms with Gasteiger partial charge in [0, 0.05) is 43.8 Å². The Kier molecular flexibility index (Phi) is 11.4. The molecule has 0 spiro atoms. The number of nitrogens with zero attached hydrogens (tertiary/aromatic N) is 16. The number of aryl methyl sites for hydroxylation is 8. The van der Waals surface area contributed by atoms with Crippen LogP contribution in [0.15, 0.2) is 103 Å². The Morgan fingerprint density at radius 3 is 1.00 bits per heavy atom. The summed E-state index contributed by atoms with van der Waals surface area (Å²) in [5, 5.41) is 15.0. The largest absolute Gasteiger partial charge is 0.415 e. The number of aromatic nitrogens is 14. The van der Waals surface area contributed by atoms with Crippen LogP contribution in [0.3, 0.4) is 0 Å². The monoisotopic (exact) mass is 1030 g/mol. The minimum Gasteiger partial charge on any atom is -0.308 e. The number of alkyl halides is 3. The van der Waals surface area contributed by atoms with Crippen molar-refractivity contribution in [2.45, 2.75) is 61.6 Å². The van der Waals surface area contributed by atoms with E-state index in [4.69, 9.17) is 46.4 Å². The summed E-state index contributed by atoms with van der Waals surface area (Å²) < 4.78 is 50.5. The molecular weight excluding hydrogens is 990 g/mol. The number of hydrogen-bond donors (Lipinski definition) is 0. The fourth-order valence-corrected chi connectivity index (χ4v) is 10.5. The van der Waals surface area contributed by atoms with Gasteiger partial charge in [0.05, 0.1) is 45.6 Å². The fourth-order valence-electron chi connectivity index (χ4n) is 10.5. The lowest BCUT2D eigenvalue weighted by molar-refractivity contribution is -0.137. The Labute approximate surface area is 443 Å². The molecule has 0 aliphatic carbocycles. The maximum Gasteiger partial charge on any atom is 0.415 e. The molecule has 78 heavy (non-hydrogen) atoms. The second-order valence-electron chi connectivity index (χ2n) is 18.9. The molecule has 16 nitrogen and oxygen atoms in total. The number of nitriles is 1. The molecule has 0 amide bonds. The van der Waals surface area contributed by atoms with Crippen LogP contribution < -0.4 is 0 Å². The predicted molar refractivity (Wildman–Crippen MR) is 290 cm³/mol. The molecular formula is C59H41F3N16. The van der Waals surface area contributed by atoms with Crippen LogP contribution in [-0.4, -0.2) is 68.9 Å². The van der Waals surface area contributed by atoms with Gasteiger partial charge in [-0.15, -0.1) is 0 Å². The Morgan fingerprint density at radius 2 is 0.731 bits per heavy atom. The molecule has 0 N–H and O–H groups in total. The van der Waals surface area contributed by atoms with Crippen molar-refractivity contribution < 1.29 is 13.2 Å². The molecule has 0 saturated heterocycles. The quantitative estimate of drug-likeness (QED) is 0.137. The van der Waals surface area contributed by atoms with E-state index in [9.17, 15) is 5.26 Å². The van der Waals surface area contributed by atoms with Gasteiger partial charge in [0.25, 0.3) is 0 Å². The fraction of sp³-hybridized carbons (Fsp3) is 0.153. The Bertz CT molecular complexity index is 4090. The van der Waals surface area contributed by atoms with E-state index in [1.165, 1.54) is 12.1 Å². The average Bonchev–Trinajstić information content (AvgIpc) is 4.01. The summed E-state index contributed by atoms with van der Waals surface area (Å²) in [6.07, 6.45) is -4.90. The third kappa shape index (κ3) is 8.34. The number of fused-ring (bicyclic) bond motifs is 6. The Morgan fingerprint density at radius 1 is 0.423 bits per heavy atom. The summed E-state index contributed by atoms with van der Waals surface area (Å²) in [6.45, 7) is 22.5. The molecule has 0 aliphatic rings. The summed E-state index contributed by atoms with van der Waals surface area (Å²) in [5.74, 6) is 5.65. The van der Waals surface area contributed by atoms with E-state index < -0.39 is 11.7 Å². The van der Waals surface area contributed by atoms with Gasteiger partial charge < -0.3 is 9.13 Å². The molecule has 6 heterocycles. The third-order valence-corrected chi connectivity index (χ3v) is 13.5. The van der Waals surface area contributed by atoms with Crippen molar-refractivity contribution in [1.82, 2.24) is 68.9 Å². The molecule has 0 radical (unpaired) electrons. The first kappa shape index (κ1) is 48.7. The highest BCUT2D eigenvalue weighted by molar-refractivity contribution is 6.13. The van der Waals surface area contributed by atoms with Gasteiger partial charge in [0.2, 0.25) is 0 Å². The first-order valence-electron chi connectivity index (χ1n) is 24.5. The number of benzene rings is 6. The maximum atomic E-state index is 15.6. The van der Waals surface area contributed by atoms with Gasteiger partial charge in [0.1, 0.15) is 58.2 Å². The van der Waals surface area contributed by atoms with E-state index in [1.54, 1.807) is 67.5 Å². The maximum absolute atomic E-state index is 15.6. The zero-order valence-electron chi connectivity index (χ0n) is 43.1. The van der Waals surface area contributed by atoms with Crippen molar-refractivity contribution in [3.8, 4) is 74.1 Å². The Balaban J connectivity index is 1.28.